The van der Waals surface area contributed by atoms with Crippen molar-refractivity contribution >= 4 is 11.8 Å². The number of hydrogen-bond donors (Lipinski definition) is 2. The van der Waals surface area contributed by atoms with Crippen LogP contribution in [0.3, 0.4) is 0 Å². The summed E-state index contributed by atoms with van der Waals surface area (Å²) in [5, 5.41) is 0. The zero-order valence-electron chi connectivity index (χ0n) is 8.15. The number of ether oxygens (including phenoxy) is 1. The minimum atomic E-state index is -1.19. The molecule has 14 heavy (non-hydrogen) atoms. The maximum Gasteiger partial charge on any atom is 0.330 e. The van der Waals surface area contributed by atoms with Gasteiger partial charge in [0.25, 0.3) is 0 Å². The van der Waals surface area contributed by atoms with Crippen molar-refractivity contribution in [1.29, 1.82) is 0 Å². The largest absolute Gasteiger partial charge is 0.467 e. The van der Waals surface area contributed by atoms with Gasteiger partial charge in [0.1, 0.15) is 11.4 Å². The molecule has 0 amide bonds. The van der Waals surface area contributed by atoms with E-state index in [4.69, 9.17) is 11.5 Å². The first-order chi connectivity index (χ1) is 6.48. The lowest BCUT2D eigenvalue weighted by Crippen LogP contribution is -2.42. The minimum absolute atomic E-state index is 0.322. The Hall–Kier alpha value is -1.62. The van der Waals surface area contributed by atoms with Crippen LogP contribution in [0.25, 0.3) is 0 Å². The molecule has 5 nitrogen and oxygen atoms in total. The highest BCUT2D eigenvalue weighted by Gasteiger charge is 2.31. The second kappa shape index (κ2) is 3.63. The van der Waals surface area contributed by atoms with Crippen LogP contribution in [-0.2, 0) is 15.1 Å². The Kier molecular flexibility index (Phi) is 2.71. The van der Waals surface area contributed by atoms with E-state index in [0.29, 0.717) is 11.4 Å². The number of pyridine rings is 1. The first-order valence-electron chi connectivity index (χ1n) is 4.08. The van der Waals surface area contributed by atoms with Crippen molar-refractivity contribution in [2.75, 3.05) is 12.8 Å². The molecule has 0 saturated heterocycles. The number of rotatable bonds is 2. The van der Waals surface area contributed by atoms with E-state index in [9.17, 15) is 4.79 Å². The Morgan fingerprint density at radius 3 is 2.79 bits per heavy atom. The number of carbonyl (C=O) groups excluding carboxylic acids is 1. The minimum Gasteiger partial charge on any atom is -0.467 e. The average Bonchev–Trinajstić information content (AvgIpc) is 2.16. The lowest BCUT2D eigenvalue weighted by atomic mass is 9.94. The van der Waals surface area contributed by atoms with Crippen LogP contribution in [0, 0.1) is 0 Å². The van der Waals surface area contributed by atoms with E-state index in [0.717, 1.165) is 0 Å². The van der Waals surface area contributed by atoms with Gasteiger partial charge < -0.3 is 16.2 Å². The highest BCUT2D eigenvalue weighted by Crippen LogP contribution is 2.19. The zero-order valence-corrected chi connectivity index (χ0v) is 8.15. The molecule has 76 valence electrons. The van der Waals surface area contributed by atoms with Crippen molar-refractivity contribution in [3.05, 3.63) is 23.9 Å². The normalized spacial score (nSPS) is 14.5. The molecule has 5 heteroatoms. The van der Waals surface area contributed by atoms with E-state index in [1.807, 2.05) is 0 Å². The zero-order chi connectivity index (χ0) is 10.8. The van der Waals surface area contributed by atoms with E-state index in [-0.39, 0.29) is 0 Å². The molecule has 0 fully saturated rings. The van der Waals surface area contributed by atoms with Crippen molar-refractivity contribution < 1.29 is 9.53 Å². The van der Waals surface area contributed by atoms with Gasteiger partial charge in [0.15, 0.2) is 0 Å². The van der Waals surface area contributed by atoms with Crippen molar-refractivity contribution in [3.8, 4) is 0 Å². The Morgan fingerprint density at radius 1 is 1.64 bits per heavy atom. The number of carbonyl (C=O) groups is 1. The number of nitrogen functional groups attached to an aromatic ring is 1. The summed E-state index contributed by atoms with van der Waals surface area (Å²) in [6.45, 7) is 1.56. The van der Waals surface area contributed by atoms with Crippen molar-refractivity contribution in [2.45, 2.75) is 12.5 Å². The van der Waals surface area contributed by atoms with Gasteiger partial charge in [0.05, 0.1) is 7.11 Å². The molecule has 0 aliphatic rings. The molecule has 1 heterocycles. The summed E-state index contributed by atoms with van der Waals surface area (Å²) in [6, 6.07) is 3.18. The van der Waals surface area contributed by atoms with Gasteiger partial charge in [-0.25, -0.2) is 9.78 Å². The van der Waals surface area contributed by atoms with Gasteiger partial charge >= 0.3 is 5.97 Å². The number of nitrogens with two attached hydrogens (primary N) is 2. The number of methoxy groups -OCH3 is 1. The van der Waals surface area contributed by atoms with Gasteiger partial charge in [0, 0.05) is 6.20 Å². The molecule has 0 bridgehead atoms. The van der Waals surface area contributed by atoms with Crippen LogP contribution in [0.15, 0.2) is 18.3 Å². The summed E-state index contributed by atoms with van der Waals surface area (Å²) in [5.41, 5.74) is 10.7. The predicted octanol–water partition coefficient (Wildman–Crippen LogP) is 0.0107. The molecule has 1 rings (SSSR count). The summed E-state index contributed by atoms with van der Waals surface area (Å²) >= 11 is 0. The summed E-state index contributed by atoms with van der Waals surface area (Å²) in [4.78, 5) is 15.1. The molecule has 1 aromatic rings. The maximum absolute atomic E-state index is 11.3. The number of hydrogen-bond acceptors (Lipinski definition) is 5. The van der Waals surface area contributed by atoms with E-state index in [2.05, 4.69) is 9.72 Å². The van der Waals surface area contributed by atoms with E-state index in [1.54, 1.807) is 19.1 Å². The molecular weight excluding hydrogens is 182 g/mol. The molecule has 0 aliphatic carbocycles. The summed E-state index contributed by atoms with van der Waals surface area (Å²) in [6.07, 6.45) is 1.50. The lowest BCUT2D eigenvalue weighted by molar-refractivity contribution is -0.146. The van der Waals surface area contributed by atoms with E-state index >= 15 is 0 Å². The second-order valence-corrected chi connectivity index (χ2v) is 3.16. The number of aromatic nitrogens is 1. The summed E-state index contributed by atoms with van der Waals surface area (Å²) < 4.78 is 4.58. The third-order valence-corrected chi connectivity index (χ3v) is 1.99. The molecule has 0 spiro atoms. The molecule has 0 aliphatic heterocycles. The maximum atomic E-state index is 11.3. The van der Waals surface area contributed by atoms with Gasteiger partial charge in [-0.1, -0.05) is 0 Å². The standard InChI is InChI=1S/C9H13N3O2/c1-9(11,8(13)14-2)6-3-4-12-7(10)5-6/h3-5H,11H2,1-2H3,(H2,10,12)/t9-/m1/s1. The van der Waals surface area contributed by atoms with Gasteiger partial charge in [0.2, 0.25) is 0 Å². The van der Waals surface area contributed by atoms with E-state index in [1.165, 1.54) is 13.3 Å². The fraction of sp³-hybridized carbons (Fsp3) is 0.333. The van der Waals surface area contributed by atoms with Gasteiger partial charge in [-0.05, 0) is 24.6 Å². The molecular formula is C9H13N3O2. The second-order valence-electron chi connectivity index (χ2n) is 3.16. The van der Waals surface area contributed by atoms with Crippen LogP contribution in [0.1, 0.15) is 12.5 Å². The third-order valence-electron chi connectivity index (χ3n) is 1.99. The Labute approximate surface area is 82.1 Å². The van der Waals surface area contributed by atoms with Crippen LogP contribution in [0.5, 0.6) is 0 Å². The van der Waals surface area contributed by atoms with Crippen LogP contribution in [-0.4, -0.2) is 18.1 Å². The third kappa shape index (κ3) is 1.82. The summed E-state index contributed by atoms with van der Waals surface area (Å²) in [5.74, 6) is -0.189. The summed E-state index contributed by atoms with van der Waals surface area (Å²) in [7, 11) is 1.29. The van der Waals surface area contributed by atoms with Crippen molar-refractivity contribution in [2.24, 2.45) is 5.73 Å². The van der Waals surface area contributed by atoms with Gasteiger partial charge in [-0.15, -0.1) is 0 Å². The van der Waals surface area contributed by atoms with Gasteiger partial charge in [-0.3, -0.25) is 0 Å². The lowest BCUT2D eigenvalue weighted by Gasteiger charge is -2.21. The van der Waals surface area contributed by atoms with Crippen LogP contribution in [0.2, 0.25) is 0 Å². The molecule has 0 saturated carbocycles. The molecule has 1 atom stereocenters. The van der Waals surface area contributed by atoms with E-state index < -0.39 is 11.5 Å². The first kappa shape index (κ1) is 10.5. The first-order valence-corrected chi connectivity index (χ1v) is 4.08. The smallest absolute Gasteiger partial charge is 0.330 e. The number of esters is 1. The van der Waals surface area contributed by atoms with Crippen LogP contribution < -0.4 is 11.5 Å². The SMILES string of the molecule is COC(=O)[C@](C)(N)c1ccnc(N)c1. The Balaban J connectivity index is 3.09. The predicted molar refractivity (Wildman–Crippen MR) is 52.2 cm³/mol. The fourth-order valence-corrected chi connectivity index (χ4v) is 1.10. The van der Waals surface area contributed by atoms with Crippen molar-refractivity contribution in [3.63, 3.8) is 0 Å². The van der Waals surface area contributed by atoms with Gasteiger partial charge in [-0.2, -0.15) is 0 Å². The van der Waals surface area contributed by atoms with Crippen LogP contribution >= 0.6 is 0 Å². The highest BCUT2D eigenvalue weighted by molar-refractivity contribution is 5.81. The van der Waals surface area contributed by atoms with Crippen LogP contribution in [0.4, 0.5) is 5.82 Å². The molecule has 4 N–H and O–H groups in total. The quantitative estimate of drug-likeness (QED) is 0.648. The number of nitrogens with zero attached hydrogens (tertiary/aromatic N) is 1. The molecule has 1 aromatic heterocycles. The molecule has 0 unspecified atom stereocenters. The fourth-order valence-electron chi connectivity index (χ4n) is 1.10. The van der Waals surface area contributed by atoms with Crippen molar-refractivity contribution in [1.82, 2.24) is 4.98 Å². The number of anilines is 1. The topological polar surface area (TPSA) is 91.2 Å². The monoisotopic (exact) mass is 195 g/mol. The highest BCUT2D eigenvalue weighted by atomic mass is 16.5. The Bertz CT molecular complexity index is 350. The molecule has 0 aromatic carbocycles. The molecule has 0 radical (unpaired) electrons. The Morgan fingerprint density at radius 2 is 2.29 bits per heavy atom. The average molecular weight is 195 g/mol.